The van der Waals surface area contributed by atoms with E-state index in [1.807, 2.05) is 187 Å². The van der Waals surface area contributed by atoms with Crippen LogP contribution in [0.5, 0.6) is 0 Å². The third-order valence-electron chi connectivity index (χ3n) is 22.4. The molecule has 0 aromatic carbocycles. The minimum atomic E-state index is -4.44. The van der Waals surface area contributed by atoms with Gasteiger partial charge in [0.05, 0.1) is 125 Å². The summed E-state index contributed by atoms with van der Waals surface area (Å²) in [5.74, 6) is -2.99. The van der Waals surface area contributed by atoms with Gasteiger partial charge < -0.3 is 79.3 Å². The summed E-state index contributed by atoms with van der Waals surface area (Å²) in [6.45, 7) is 68.3. The number of nitrogens with zero attached hydrogens (tertiary/aromatic N) is 5. The maximum Gasteiger partial charge on any atom is 0.433 e. The molecule has 0 radical (unpaired) electrons. The number of carbonyl (C=O) groups excluding carboxylic acids is 15. The maximum absolute atomic E-state index is 11.6. The fourth-order valence-corrected chi connectivity index (χ4v) is 6.93. The molecule has 0 rings (SSSR count). The lowest BCUT2D eigenvalue weighted by Crippen LogP contribution is -2.37. The monoisotopic (exact) mass is 2160 g/mol. The van der Waals surface area contributed by atoms with Gasteiger partial charge in [0.25, 0.3) is 0 Å². The highest BCUT2D eigenvalue weighted by atomic mass is 19.4. The number of methoxy groups -OCH3 is 3. The van der Waals surface area contributed by atoms with Gasteiger partial charge in [-0.25, -0.2) is 24.0 Å². The van der Waals surface area contributed by atoms with Gasteiger partial charge in [-0.3, -0.25) is 72.1 Å². The Bertz CT molecular complexity index is 3530. The highest BCUT2D eigenvalue weighted by Crippen LogP contribution is 2.29. The zero-order chi connectivity index (χ0) is 119. The molecule has 874 valence electrons. The van der Waals surface area contributed by atoms with Crippen molar-refractivity contribution in [2.24, 2.45) is 80.9 Å². The second kappa shape index (κ2) is 87.6. The first-order valence-electron chi connectivity index (χ1n) is 50.2. The molecule has 1 unspecified atom stereocenters. The molecule has 0 aliphatic heterocycles. The average Bonchev–Trinajstić information content (AvgIpc) is 0.889. The summed E-state index contributed by atoms with van der Waals surface area (Å²) in [5, 5.41) is 32.9. The van der Waals surface area contributed by atoms with Gasteiger partial charge in [-0.15, -0.1) is 0 Å². The van der Waals surface area contributed by atoms with Crippen LogP contribution in [0.15, 0.2) is 25.8 Å². The Hall–Kier alpha value is -11.1. The SMILES string of the molecule is CC/C(C)=N/OC(=O)NCCOC(=O)C(C)(C)CC.CC/C(C)=N/OC(=O)NCCOC(=O)C(C)(C)CC.CC/C(C)=N/OC(=O)NCCOC(=O)C(C)(C)CC.CC/C(C)=N/OC(=O)NCCOC(=O)C(C)(C)CC.CC/C(C)=N/OC(=O)NCCOC(=O)C(C)(C)CC.CCC(C)(C)C(=O)NCOC.CCC(C)(C)C(=O)OCC(F)(F)F.CCC(C)(C)C(=O)OCC(F)(F)F.CCC(C)C(=O)OC.CCC(CC)C(=O)OC. The number of oxime groups is 5. The fraction of sp³-hybridized carbons (Fsp3) is 0.804. The Balaban J connectivity index is -0.000000182. The van der Waals surface area contributed by atoms with Gasteiger partial charge in [0.2, 0.25) is 5.91 Å². The second-order valence-corrected chi connectivity index (χ2v) is 38.2. The standard InChI is InChI=1S/5C13H24N2O4.2C8H13F3O2.C8H17NO2.C7H14O2.C6H12O2/c5*1-6-10(3)15-19-12(17)14-8-9-18-11(16)13(4,5)7-2;2*1-4-7(2,3)6(12)13-5-8(9,10)11;1-5-8(2,3)7(10)9-6-11-4;1-4-6(5-2)7(8)9-3;1-4-5(2)6(7)8-3/h5*6-9H2,1-5H3,(H,14,17);2*4-5H2,1-3H3;5-6H2,1-4H3,(H,9,10);6H,4-5H2,1-3H3;5H,4H2,1-3H3/b5*15-10+;;;;;. The average molecular weight is 2160 g/mol. The topological polar surface area (TPSA) is 528 Å². The predicted molar refractivity (Wildman–Crippen MR) is 558 cm³/mol. The molecule has 0 aliphatic carbocycles. The molecule has 6 N–H and O–H groups in total. The summed E-state index contributed by atoms with van der Waals surface area (Å²) in [6.07, 6.45) is -0.718. The second-order valence-electron chi connectivity index (χ2n) is 38.2. The summed E-state index contributed by atoms with van der Waals surface area (Å²) in [4.78, 5) is 191. The number of alkyl halides is 6. The molecule has 149 heavy (non-hydrogen) atoms. The molecule has 47 heteroatoms. The van der Waals surface area contributed by atoms with Gasteiger partial charge in [0.15, 0.2) is 13.2 Å². The minimum absolute atomic E-state index is 0.0434. The van der Waals surface area contributed by atoms with Crippen molar-refractivity contribution in [1.29, 1.82) is 0 Å². The molecular weight excluding hydrogens is 1970 g/mol. The number of halogens is 6. The van der Waals surface area contributed by atoms with E-state index >= 15 is 0 Å². The number of hydrogen-bond donors (Lipinski definition) is 6. The quantitative estimate of drug-likeness (QED) is 0.00481. The lowest BCUT2D eigenvalue weighted by Gasteiger charge is -2.20. The number of esters is 9. The summed E-state index contributed by atoms with van der Waals surface area (Å²) >= 11 is 0. The largest absolute Gasteiger partial charge is 0.469 e. The van der Waals surface area contributed by atoms with Crippen LogP contribution in [0.25, 0.3) is 0 Å². The molecule has 0 aliphatic rings. The first kappa shape index (κ1) is 158. The maximum atomic E-state index is 11.6. The van der Waals surface area contributed by atoms with E-state index in [1.54, 1.807) is 83.3 Å². The van der Waals surface area contributed by atoms with Gasteiger partial charge in [0, 0.05) is 12.5 Å². The summed E-state index contributed by atoms with van der Waals surface area (Å²) in [5.41, 5.74) is -0.808. The van der Waals surface area contributed by atoms with Gasteiger partial charge in [-0.2, -0.15) is 26.3 Å². The van der Waals surface area contributed by atoms with Crippen molar-refractivity contribution in [2.75, 3.05) is 107 Å². The zero-order valence-corrected chi connectivity index (χ0v) is 97.4. The van der Waals surface area contributed by atoms with Crippen LogP contribution in [-0.2, 0) is 120 Å². The van der Waals surface area contributed by atoms with Crippen LogP contribution >= 0.6 is 0 Å². The molecule has 0 saturated heterocycles. The predicted octanol–water partition coefficient (Wildman–Crippen LogP) is 21.4. The lowest BCUT2D eigenvalue weighted by molar-refractivity contribution is -0.192. The van der Waals surface area contributed by atoms with Crippen LogP contribution in [0.1, 0.15) is 366 Å². The molecule has 0 fully saturated rings. The van der Waals surface area contributed by atoms with E-state index in [4.69, 9.17) is 28.4 Å². The number of hydrogen-bond acceptors (Lipinski definition) is 35. The van der Waals surface area contributed by atoms with E-state index in [9.17, 15) is 98.3 Å². The summed E-state index contributed by atoms with van der Waals surface area (Å²) in [6, 6.07) is 0. The van der Waals surface area contributed by atoms with Gasteiger partial charge in [0.1, 0.15) is 39.8 Å². The van der Waals surface area contributed by atoms with Crippen molar-refractivity contribution in [3.63, 3.8) is 0 Å². The molecule has 0 aromatic heterocycles. The Morgan fingerprint density at radius 1 is 0.262 bits per heavy atom. The van der Waals surface area contributed by atoms with Crippen molar-refractivity contribution in [3.8, 4) is 0 Å². The molecular formula is C102H189F6N11O30. The van der Waals surface area contributed by atoms with Crippen LogP contribution in [0.4, 0.5) is 50.3 Å². The van der Waals surface area contributed by atoms with Crippen molar-refractivity contribution in [2.45, 2.75) is 378 Å². The highest BCUT2D eigenvalue weighted by molar-refractivity contribution is 5.86. The number of nitrogens with one attached hydrogen (secondary N) is 6. The first-order chi connectivity index (χ1) is 68.5. The van der Waals surface area contributed by atoms with E-state index in [0.29, 0.717) is 51.7 Å². The van der Waals surface area contributed by atoms with Crippen LogP contribution in [0.2, 0.25) is 0 Å². The van der Waals surface area contributed by atoms with Gasteiger partial charge in [-0.05, 0) is 234 Å². The van der Waals surface area contributed by atoms with Crippen LogP contribution < -0.4 is 31.9 Å². The minimum Gasteiger partial charge on any atom is -0.469 e. The fourth-order valence-electron chi connectivity index (χ4n) is 6.93. The number of ether oxygens (including phenoxy) is 10. The molecule has 0 spiro atoms. The van der Waals surface area contributed by atoms with Crippen molar-refractivity contribution in [3.05, 3.63) is 0 Å². The normalized spacial score (nSPS) is 12.0. The van der Waals surface area contributed by atoms with E-state index in [-0.39, 0.29) is 131 Å². The third-order valence-corrected chi connectivity index (χ3v) is 22.4. The van der Waals surface area contributed by atoms with Crippen LogP contribution in [-0.4, -0.2) is 238 Å². The molecule has 0 bridgehead atoms. The third kappa shape index (κ3) is 91.7. The Morgan fingerprint density at radius 2 is 0.443 bits per heavy atom. The Labute approximate surface area is 882 Å². The Kier molecular flexibility index (Phi) is 92.9. The first-order valence-corrected chi connectivity index (χ1v) is 50.2. The van der Waals surface area contributed by atoms with Crippen molar-refractivity contribution < 1.29 is 170 Å². The van der Waals surface area contributed by atoms with Crippen LogP contribution in [0, 0.1) is 55.2 Å². The Morgan fingerprint density at radius 3 is 0.570 bits per heavy atom. The summed E-state index contributed by atoms with van der Waals surface area (Å²) in [7, 11) is 4.40. The number of amides is 6. The number of rotatable bonds is 50. The van der Waals surface area contributed by atoms with Gasteiger partial charge >= 0.3 is 96.5 Å². The van der Waals surface area contributed by atoms with E-state index in [2.05, 4.69) is 101 Å². The molecule has 1 atom stereocenters. The molecule has 0 aromatic rings. The summed E-state index contributed by atoms with van der Waals surface area (Å²) < 4.78 is 117. The molecule has 41 nitrogen and oxygen atoms in total. The smallest absolute Gasteiger partial charge is 0.433 e. The van der Waals surface area contributed by atoms with E-state index in [1.165, 1.54) is 14.2 Å². The molecule has 6 amide bonds. The van der Waals surface area contributed by atoms with E-state index in [0.717, 1.165) is 86.3 Å². The highest BCUT2D eigenvalue weighted by Gasteiger charge is 2.37. The van der Waals surface area contributed by atoms with Crippen molar-refractivity contribution >= 4 is 119 Å². The van der Waals surface area contributed by atoms with Crippen LogP contribution in [0.3, 0.4) is 0 Å². The molecule has 0 saturated carbocycles. The van der Waals surface area contributed by atoms with E-state index < -0.39 is 106 Å². The van der Waals surface area contributed by atoms with Gasteiger partial charge in [-0.1, -0.05) is 157 Å². The zero-order valence-electron chi connectivity index (χ0n) is 97.4. The number of carbonyl (C=O) groups is 15. The lowest BCUT2D eigenvalue weighted by atomic mass is 9.89. The van der Waals surface area contributed by atoms with Crippen molar-refractivity contribution in [1.82, 2.24) is 31.9 Å². The molecule has 0 heterocycles.